The Morgan fingerprint density at radius 2 is 1.55 bits per heavy atom. The molecule has 1 aliphatic heterocycles. The van der Waals surface area contributed by atoms with Crippen molar-refractivity contribution in [2.45, 2.75) is 31.7 Å². The van der Waals surface area contributed by atoms with E-state index in [4.69, 9.17) is 0 Å². The average molecular weight is 298 g/mol. The third kappa shape index (κ3) is 2.30. The summed E-state index contributed by atoms with van der Waals surface area (Å²) in [6.07, 6.45) is 4.70. The van der Waals surface area contributed by atoms with Gasteiger partial charge in [-0.05, 0) is 49.7 Å². The van der Waals surface area contributed by atoms with Crippen LogP contribution in [0.1, 0.15) is 46.4 Å². The minimum atomic E-state index is -0.370. The van der Waals surface area contributed by atoms with Crippen LogP contribution in [0.4, 0.5) is 0 Å². The molecular weight excluding hydrogens is 280 g/mol. The molecular formula is C17H18N2O3. The van der Waals surface area contributed by atoms with Gasteiger partial charge in [0.15, 0.2) is 0 Å². The number of benzene rings is 1. The van der Waals surface area contributed by atoms with Gasteiger partial charge >= 0.3 is 0 Å². The summed E-state index contributed by atoms with van der Waals surface area (Å²) in [7, 11) is 0. The van der Waals surface area contributed by atoms with Crippen LogP contribution >= 0.6 is 0 Å². The minimum absolute atomic E-state index is 0.178. The first-order chi connectivity index (χ1) is 10.6. The Kier molecular flexibility index (Phi) is 3.03. The molecule has 22 heavy (non-hydrogen) atoms. The normalized spacial score (nSPS) is 20.5. The van der Waals surface area contributed by atoms with Crippen LogP contribution in [-0.4, -0.2) is 35.2 Å². The van der Waals surface area contributed by atoms with Gasteiger partial charge in [0.25, 0.3) is 11.8 Å². The Bertz CT molecular complexity index is 615. The van der Waals surface area contributed by atoms with Crippen molar-refractivity contribution < 1.29 is 14.4 Å². The van der Waals surface area contributed by atoms with Crippen LogP contribution in [0, 0.1) is 11.8 Å². The van der Waals surface area contributed by atoms with E-state index in [0.29, 0.717) is 23.0 Å². The maximum Gasteiger partial charge on any atom is 0.262 e. The molecule has 0 saturated heterocycles. The number of carbonyl (C=O) groups excluding carboxylic acids is 3. The van der Waals surface area contributed by atoms with Crippen molar-refractivity contribution in [1.29, 1.82) is 0 Å². The topological polar surface area (TPSA) is 66.5 Å². The molecule has 2 saturated carbocycles. The smallest absolute Gasteiger partial charge is 0.262 e. The van der Waals surface area contributed by atoms with Gasteiger partial charge in [-0.3, -0.25) is 19.3 Å². The number of imide groups is 1. The molecule has 4 rings (SSSR count). The molecule has 0 unspecified atom stereocenters. The van der Waals surface area contributed by atoms with Crippen LogP contribution in [0.5, 0.6) is 0 Å². The zero-order valence-electron chi connectivity index (χ0n) is 12.2. The van der Waals surface area contributed by atoms with E-state index in [1.807, 2.05) is 0 Å². The highest BCUT2D eigenvalue weighted by atomic mass is 16.2. The fourth-order valence-corrected chi connectivity index (χ4v) is 3.29. The van der Waals surface area contributed by atoms with Crippen LogP contribution in [0.25, 0.3) is 0 Å². The summed E-state index contributed by atoms with van der Waals surface area (Å²) in [5.74, 6) is 0.228. The Morgan fingerprint density at radius 1 is 1.05 bits per heavy atom. The van der Waals surface area contributed by atoms with Gasteiger partial charge in [-0.25, -0.2) is 0 Å². The summed E-state index contributed by atoms with van der Waals surface area (Å²) in [4.78, 5) is 37.8. The Morgan fingerprint density at radius 3 is 2.00 bits per heavy atom. The van der Waals surface area contributed by atoms with Crippen LogP contribution in [-0.2, 0) is 4.79 Å². The van der Waals surface area contributed by atoms with E-state index in [1.54, 1.807) is 24.3 Å². The summed E-state index contributed by atoms with van der Waals surface area (Å²) < 4.78 is 0. The fourth-order valence-electron chi connectivity index (χ4n) is 3.29. The number of fused-ring (bicyclic) bond motifs is 1. The lowest BCUT2D eigenvalue weighted by Crippen LogP contribution is -2.45. The monoisotopic (exact) mass is 298 g/mol. The van der Waals surface area contributed by atoms with Crippen LogP contribution in [0.15, 0.2) is 24.3 Å². The molecule has 1 heterocycles. The summed E-state index contributed by atoms with van der Waals surface area (Å²) in [6.45, 7) is -0.178. The predicted molar refractivity (Wildman–Crippen MR) is 79.2 cm³/mol. The Hall–Kier alpha value is -2.17. The van der Waals surface area contributed by atoms with Gasteiger partial charge in [0.1, 0.15) is 6.54 Å². The number of carbonyl (C=O) groups is 3. The van der Waals surface area contributed by atoms with Crippen molar-refractivity contribution in [3.63, 3.8) is 0 Å². The molecule has 3 aliphatic rings. The molecule has 0 radical (unpaired) electrons. The first kappa shape index (κ1) is 13.5. The standard InChI is InChI=1S/C17H18N2O3/c20-14(18-15(10-5-6-10)11-7-8-11)9-19-16(21)12-3-1-2-4-13(12)17(19)22/h1-4,10-11,15H,5-9H2,(H,18,20). The average Bonchev–Trinajstić information content (AvgIpc) is 3.41. The van der Waals surface area contributed by atoms with Crippen molar-refractivity contribution in [3.05, 3.63) is 35.4 Å². The lowest BCUT2D eigenvalue weighted by molar-refractivity contribution is -0.122. The van der Waals surface area contributed by atoms with Gasteiger partial charge < -0.3 is 5.32 Å². The van der Waals surface area contributed by atoms with E-state index < -0.39 is 0 Å². The van der Waals surface area contributed by atoms with E-state index in [9.17, 15) is 14.4 Å². The zero-order valence-corrected chi connectivity index (χ0v) is 12.2. The maximum atomic E-state index is 12.3. The Labute approximate surface area is 128 Å². The van der Waals surface area contributed by atoms with Gasteiger partial charge in [-0.15, -0.1) is 0 Å². The van der Waals surface area contributed by atoms with Crippen molar-refractivity contribution in [2.24, 2.45) is 11.8 Å². The number of amides is 3. The highest BCUT2D eigenvalue weighted by Gasteiger charge is 2.43. The van der Waals surface area contributed by atoms with Crippen molar-refractivity contribution in [1.82, 2.24) is 10.2 Å². The van der Waals surface area contributed by atoms with Crippen molar-refractivity contribution in [2.75, 3.05) is 6.54 Å². The molecule has 1 aromatic rings. The van der Waals surface area contributed by atoms with E-state index in [-0.39, 0.29) is 30.3 Å². The highest BCUT2D eigenvalue weighted by molar-refractivity contribution is 6.22. The van der Waals surface area contributed by atoms with Crippen LogP contribution in [0.2, 0.25) is 0 Å². The molecule has 5 heteroatoms. The molecule has 1 aromatic carbocycles. The second-order valence-electron chi connectivity index (χ2n) is 6.51. The Balaban J connectivity index is 1.44. The SMILES string of the molecule is O=C(CN1C(=O)c2ccccc2C1=O)NC(C1CC1)C1CC1. The van der Waals surface area contributed by atoms with Gasteiger partial charge in [0.2, 0.25) is 5.91 Å². The van der Waals surface area contributed by atoms with Gasteiger partial charge in [-0.1, -0.05) is 12.1 Å². The largest absolute Gasteiger partial charge is 0.351 e. The molecule has 114 valence electrons. The lowest BCUT2D eigenvalue weighted by Gasteiger charge is -2.20. The van der Waals surface area contributed by atoms with Gasteiger partial charge in [0, 0.05) is 6.04 Å². The lowest BCUT2D eigenvalue weighted by atomic mass is 10.1. The number of nitrogens with one attached hydrogen (secondary N) is 1. The van der Waals surface area contributed by atoms with Crippen molar-refractivity contribution in [3.8, 4) is 0 Å². The summed E-state index contributed by atoms with van der Waals surface area (Å²) >= 11 is 0. The minimum Gasteiger partial charge on any atom is -0.351 e. The first-order valence-electron chi connectivity index (χ1n) is 7.90. The van der Waals surface area contributed by atoms with E-state index in [1.165, 1.54) is 25.7 Å². The molecule has 5 nitrogen and oxygen atoms in total. The molecule has 0 aromatic heterocycles. The quantitative estimate of drug-likeness (QED) is 0.839. The van der Waals surface area contributed by atoms with Gasteiger partial charge in [-0.2, -0.15) is 0 Å². The molecule has 2 aliphatic carbocycles. The maximum absolute atomic E-state index is 12.3. The van der Waals surface area contributed by atoms with E-state index in [2.05, 4.69) is 5.32 Å². The third-order valence-corrected chi connectivity index (χ3v) is 4.77. The predicted octanol–water partition coefficient (Wildman–Crippen LogP) is 1.59. The number of hydrogen-bond acceptors (Lipinski definition) is 3. The number of rotatable bonds is 5. The van der Waals surface area contributed by atoms with Gasteiger partial charge in [0.05, 0.1) is 11.1 Å². The second-order valence-corrected chi connectivity index (χ2v) is 6.51. The number of nitrogens with zero attached hydrogens (tertiary/aromatic N) is 1. The molecule has 3 amide bonds. The van der Waals surface area contributed by atoms with E-state index in [0.717, 1.165) is 4.90 Å². The fraction of sp³-hybridized carbons (Fsp3) is 0.471. The zero-order chi connectivity index (χ0) is 15.3. The summed E-state index contributed by atoms with van der Waals surface area (Å²) in [6, 6.07) is 6.95. The third-order valence-electron chi connectivity index (χ3n) is 4.77. The molecule has 0 spiro atoms. The van der Waals surface area contributed by atoms with Crippen molar-refractivity contribution >= 4 is 17.7 Å². The molecule has 0 bridgehead atoms. The second kappa shape index (κ2) is 4.93. The highest BCUT2D eigenvalue weighted by Crippen LogP contribution is 2.44. The van der Waals surface area contributed by atoms with E-state index >= 15 is 0 Å². The van der Waals surface area contributed by atoms with Crippen LogP contribution < -0.4 is 5.32 Å². The molecule has 0 atom stereocenters. The number of hydrogen-bond donors (Lipinski definition) is 1. The summed E-state index contributed by atoms with van der Waals surface area (Å²) in [5, 5.41) is 3.05. The molecule has 2 fully saturated rings. The summed E-state index contributed by atoms with van der Waals surface area (Å²) in [5.41, 5.74) is 0.780. The first-order valence-corrected chi connectivity index (χ1v) is 7.90. The molecule has 1 N–H and O–H groups in total. The van der Waals surface area contributed by atoms with Crippen LogP contribution in [0.3, 0.4) is 0 Å².